The number of esters is 1. The summed E-state index contributed by atoms with van der Waals surface area (Å²) in [5.74, 6) is -0.831. The molecule has 0 aromatic heterocycles. The molecule has 1 unspecified atom stereocenters. The largest absolute Gasteiger partial charge is 0.416 e. The Labute approximate surface area is 50.2 Å². The van der Waals surface area contributed by atoms with Gasteiger partial charge in [0.15, 0.2) is 0 Å². The molecule has 1 saturated heterocycles. The molecule has 0 aromatic rings. The number of nitrogens with zero attached hydrogens (tertiary/aromatic N) is 1. The average Bonchev–Trinajstić information content (AvgIpc) is 2.10. The molecule has 1 aliphatic rings. The number of nitrogens with one attached hydrogen (secondary N) is 1. The summed E-state index contributed by atoms with van der Waals surface area (Å²) >= 11 is 0. The Kier molecular flexibility index (Phi) is 1.08. The van der Waals surface area contributed by atoms with E-state index in [1.54, 1.807) is 0 Å². The van der Waals surface area contributed by atoms with Crippen molar-refractivity contribution >= 4 is 12.1 Å². The van der Waals surface area contributed by atoms with Crippen LogP contribution in [0.2, 0.25) is 0 Å². The Morgan fingerprint density at radius 1 is 1.67 bits per heavy atom. The molecule has 0 saturated carbocycles. The first-order chi connectivity index (χ1) is 4.24. The monoisotopic (exact) mass is 126 g/mol. The number of hydrogen-bond donors (Lipinski definition) is 1. The number of alkyl carbamates (subject to hydrolysis) is 1. The van der Waals surface area contributed by atoms with Crippen LogP contribution in [0.5, 0.6) is 0 Å². The van der Waals surface area contributed by atoms with Gasteiger partial charge in [0.05, 0.1) is 6.07 Å². The van der Waals surface area contributed by atoms with Gasteiger partial charge in [-0.25, -0.2) is 9.59 Å². The van der Waals surface area contributed by atoms with Gasteiger partial charge in [0, 0.05) is 0 Å². The van der Waals surface area contributed by atoms with Crippen molar-refractivity contribution in [3.8, 4) is 6.07 Å². The van der Waals surface area contributed by atoms with E-state index in [0.717, 1.165) is 0 Å². The van der Waals surface area contributed by atoms with Crippen molar-refractivity contribution in [1.82, 2.24) is 5.32 Å². The number of carbonyl (C=O) groups is 2. The number of rotatable bonds is 0. The molecule has 46 valence electrons. The molecule has 0 radical (unpaired) electrons. The van der Waals surface area contributed by atoms with Crippen LogP contribution in [0.4, 0.5) is 4.79 Å². The number of cyclic esters (lactones) is 2. The van der Waals surface area contributed by atoms with Gasteiger partial charge >= 0.3 is 12.1 Å². The summed E-state index contributed by atoms with van der Waals surface area (Å²) < 4.78 is 3.95. The normalized spacial score (nSPS) is 24.6. The summed E-state index contributed by atoms with van der Waals surface area (Å²) in [7, 11) is 0. The first-order valence-electron chi connectivity index (χ1n) is 2.16. The van der Waals surface area contributed by atoms with Crippen molar-refractivity contribution in [1.29, 1.82) is 5.26 Å². The minimum Gasteiger partial charge on any atom is -0.374 e. The summed E-state index contributed by atoms with van der Waals surface area (Å²) in [4.78, 5) is 20.4. The molecular formula is C4H2N2O3. The fourth-order valence-electron chi connectivity index (χ4n) is 0.442. The fourth-order valence-corrected chi connectivity index (χ4v) is 0.442. The molecular weight excluding hydrogens is 124 g/mol. The zero-order chi connectivity index (χ0) is 6.85. The van der Waals surface area contributed by atoms with Gasteiger partial charge in [-0.05, 0) is 0 Å². The molecule has 1 N–H and O–H groups in total. The van der Waals surface area contributed by atoms with Crippen molar-refractivity contribution in [3.63, 3.8) is 0 Å². The molecule has 5 heteroatoms. The number of amides is 1. The summed E-state index contributed by atoms with van der Waals surface area (Å²) in [5.41, 5.74) is 0. The quantitative estimate of drug-likeness (QED) is 0.338. The standard InChI is InChI=1S/C4H2N2O3/c5-1-2-3(7)9-4(8)6-2/h2H,(H,6,8). The molecule has 1 rings (SSSR count). The van der Waals surface area contributed by atoms with E-state index in [1.165, 1.54) is 6.07 Å². The summed E-state index contributed by atoms with van der Waals surface area (Å²) in [6.45, 7) is 0. The molecule has 1 fully saturated rings. The molecule has 5 nitrogen and oxygen atoms in total. The number of hydrogen-bond acceptors (Lipinski definition) is 4. The van der Waals surface area contributed by atoms with Gasteiger partial charge in [-0.15, -0.1) is 0 Å². The van der Waals surface area contributed by atoms with Gasteiger partial charge in [0.2, 0.25) is 6.04 Å². The van der Waals surface area contributed by atoms with Gasteiger partial charge in [0.25, 0.3) is 0 Å². The Balaban J connectivity index is 2.72. The molecule has 9 heavy (non-hydrogen) atoms. The highest BCUT2D eigenvalue weighted by atomic mass is 16.6. The first kappa shape index (κ1) is 5.56. The second-order valence-corrected chi connectivity index (χ2v) is 1.42. The molecule has 1 heterocycles. The molecule has 0 aliphatic carbocycles. The fraction of sp³-hybridized carbons (Fsp3) is 0.250. The van der Waals surface area contributed by atoms with Gasteiger partial charge in [-0.3, -0.25) is 5.32 Å². The maximum atomic E-state index is 10.3. The maximum Gasteiger partial charge on any atom is 0.416 e. The SMILES string of the molecule is N#CC1NC(=O)OC1=O. The molecule has 1 aliphatic heterocycles. The van der Waals surface area contributed by atoms with Crippen LogP contribution in [-0.2, 0) is 9.53 Å². The smallest absolute Gasteiger partial charge is 0.374 e. The highest BCUT2D eigenvalue weighted by Crippen LogP contribution is 1.96. The van der Waals surface area contributed by atoms with Crippen molar-refractivity contribution in [2.75, 3.05) is 0 Å². The van der Waals surface area contributed by atoms with Crippen LogP contribution >= 0.6 is 0 Å². The topological polar surface area (TPSA) is 79.2 Å². The zero-order valence-electron chi connectivity index (χ0n) is 4.25. The second kappa shape index (κ2) is 1.74. The Morgan fingerprint density at radius 3 is 2.56 bits per heavy atom. The van der Waals surface area contributed by atoms with Gasteiger partial charge in [-0.2, -0.15) is 5.26 Å². The third-order valence-corrected chi connectivity index (χ3v) is 0.820. The van der Waals surface area contributed by atoms with E-state index in [0.29, 0.717) is 0 Å². The van der Waals surface area contributed by atoms with Crippen molar-refractivity contribution in [2.24, 2.45) is 0 Å². The van der Waals surface area contributed by atoms with Gasteiger partial charge in [0.1, 0.15) is 0 Å². The predicted octanol–water partition coefficient (Wildman–Crippen LogP) is -0.855. The Morgan fingerprint density at radius 2 is 2.33 bits per heavy atom. The van der Waals surface area contributed by atoms with E-state index >= 15 is 0 Å². The summed E-state index contributed by atoms with van der Waals surface area (Å²) in [5, 5.41) is 10.1. The van der Waals surface area contributed by atoms with E-state index in [1.807, 2.05) is 5.32 Å². The van der Waals surface area contributed by atoms with Gasteiger partial charge in [-0.1, -0.05) is 0 Å². The van der Waals surface area contributed by atoms with E-state index in [9.17, 15) is 9.59 Å². The van der Waals surface area contributed by atoms with E-state index in [-0.39, 0.29) is 0 Å². The molecule has 0 spiro atoms. The van der Waals surface area contributed by atoms with Crippen LogP contribution in [0, 0.1) is 11.3 Å². The number of ether oxygens (including phenoxy) is 1. The van der Waals surface area contributed by atoms with E-state index in [2.05, 4.69) is 4.74 Å². The van der Waals surface area contributed by atoms with Crippen LogP contribution in [0.1, 0.15) is 0 Å². The molecule has 0 aromatic carbocycles. The predicted molar refractivity (Wildman–Crippen MR) is 24.0 cm³/mol. The lowest BCUT2D eigenvalue weighted by atomic mass is 10.4. The van der Waals surface area contributed by atoms with Crippen molar-refractivity contribution < 1.29 is 14.3 Å². The minimum atomic E-state index is -1.11. The Hall–Kier alpha value is -1.57. The maximum absolute atomic E-state index is 10.3. The Bertz CT molecular complexity index is 204. The van der Waals surface area contributed by atoms with Crippen LogP contribution in [-0.4, -0.2) is 18.1 Å². The highest BCUT2D eigenvalue weighted by Gasteiger charge is 2.31. The zero-order valence-corrected chi connectivity index (χ0v) is 4.25. The minimum absolute atomic E-state index is 0.831. The summed E-state index contributed by atoms with van der Waals surface area (Å²) in [6, 6.07) is 0.424. The third-order valence-electron chi connectivity index (χ3n) is 0.820. The average molecular weight is 126 g/mol. The van der Waals surface area contributed by atoms with Gasteiger partial charge < -0.3 is 4.74 Å². The number of carbonyl (C=O) groups excluding carboxylic acids is 2. The van der Waals surface area contributed by atoms with E-state index < -0.39 is 18.1 Å². The molecule has 1 amide bonds. The first-order valence-corrected chi connectivity index (χ1v) is 2.16. The van der Waals surface area contributed by atoms with Crippen LogP contribution in [0.25, 0.3) is 0 Å². The highest BCUT2D eigenvalue weighted by molar-refractivity contribution is 5.97. The van der Waals surface area contributed by atoms with Crippen LogP contribution in [0.3, 0.4) is 0 Å². The second-order valence-electron chi connectivity index (χ2n) is 1.42. The molecule has 1 atom stereocenters. The lowest BCUT2D eigenvalue weighted by molar-refractivity contribution is -0.134. The third kappa shape index (κ3) is 0.817. The van der Waals surface area contributed by atoms with Crippen molar-refractivity contribution in [2.45, 2.75) is 6.04 Å². The van der Waals surface area contributed by atoms with E-state index in [4.69, 9.17) is 5.26 Å². The number of nitriles is 1. The van der Waals surface area contributed by atoms with Crippen LogP contribution in [0.15, 0.2) is 0 Å². The van der Waals surface area contributed by atoms with Crippen molar-refractivity contribution in [3.05, 3.63) is 0 Å². The molecule has 0 bridgehead atoms. The summed E-state index contributed by atoms with van der Waals surface area (Å²) in [6.07, 6.45) is -0.855. The lowest BCUT2D eigenvalue weighted by Gasteiger charge is -1.85. The lowest BCUT2D eigenvalue weighted by Crippen LogP contribution is -2.26. The van der Waals surface area contributed by atoms with Crippen LogP contribution < -0.4 is 5.32 Å².